The number of amides is 3. The Bertz CT molecular complexity index is 926. The van der Waals surface area contributed by atoms with Crippen LogP contribution < -0.4 is 20.9 Å². The van der Waals surface area contributed by atoms with Crippen molar-refractivity contribution in [1.82, 2.24) is 5.32 Å². The summed E-state index contributed by atoms with van der Waals surface area (Å²) in [6, 6.07) is 13.0. The Hall–Kier alpha value is -3.06. The van der Waals surface area contributed by atoms with Crippen molar-refractivity contribution < 1.29 is 14.3 Å². The minimum absolute atomic E-state index is 0.132. The summed E-state index contributed by atoms with van der Waals surface area (Å²) in [4.78, 5) is 28.0. The fourth-order valence-electron chi connectivity index (χ4n) is 4.06. The zero-order chi connectivity index (χ0) is 23.5. The van der Waals surface area contributed by atoms with Crippen LogP contribution in [0.5, 0.6) is 0 Å². The molecule has 3 amide bonds. The number of carbonyl (C=O) groups is 2. The molecule has 0 bridgehead atoms. The van der Waals surface area contributed by atoms with E-state index in [1.165, 1.54) is 6.42 Å². The lowest BCUT2D eigenvalue weighted by molar-refractivity contribution is 0.0944. The SMILES string of the molecule is CCOCCCNC(=O)c1cc(NC(=O)Nc2ccccc2CC)ccc1N1CCCCC1. The monoisotopic (exact) mass is 452 g/mol. The van der Waals surface area contributed by atoms with Gasteiger partial charge in [0.05, 0.1) is 5.56 Å². The molecule has 1 aliphatic heterocycles. The Balaban J connectivity index is 1.73. The van der Waals surface area contributed by atoms with E-state index in [0.29, 0.717) is 31.0 Å². The van der Waals surface area contributed by atoms with Gasteiger partial charge in [0.2, 0.25) is 0 Å². The zero-order valence-electron chi connectivity index (χ0n) is 19.8. The Morgan fingerprint density at radius 3 is 2.55 bits per heavy atom. The smallest absolute Gasteiger partial charge is 0.323 e. The molecule has 1 fully saturated rings. The first-order valence-corrected chi connectivity index (χ1v) is 12.0. The number of para-hydroxylation sites is 1. The lowest BCUT2D eigenvalue weighted by Crippen LogP contribution is -2.33. The number of hydrogen-bond donors (Lipinski definition) is 3. The second kappa shape index (κ2) is 12.8. The molecule has 3 N–H and O–H groups in total. The summed E-state index contributed by atoms with van der Waals surface area (Å²) in [6.07, 6.45) is 5.04. The van der Waals surface area contributed by atoms with Gasteiger partial charge < -0.3 is 25.6 Å². The van der Waals surface area contributed by atoms with Crippen molar-refractivity contribution in [3.05, 3.63) is 53.6 Å². The number of aryl methyl sites for hydroxylation is 1. The number of piperidine rings is 1. The van der Waals surface area contributed by atoms with Crippen molar-refractivity contribution >= 4 is 29.0 Å². The summed E-state index contributed by atoms with van der Waals surface area (Å²) in [5, 5.41) is 8.80. The highest BCUT2D eigenvalue weighted by atomic mass is 16.5. The third-order valence-electron chi connectivity index (χ3n) is 5.80. The van der Waals surface area contributed by atoms with Crippen molar-refractivity contribution in [3.8, 4) is 0 Å². The first-order chi connectivity index (χ1) is 16.1. The number of ether oxygens (including phenoxy) is 1. The molecule has 7 heteroatoms. The third-order valence-corrected chi connectivity index (χ3v) is 5.80. The van der Waals surface area contributed by atoms with E-state index in [1.54, 1.807) is 6.07 Å². The summed E-state index contributed by atoms with van der Waals surface area (Å²) < 4.78 is 5.35. The lowest BCUT2D eigenvalue weighted by Gasteiger charge is -2.30. The minimum atomic E-state index is -0.329. The maximum atomic E-state index is 13.0. The van der Waals surface area contributed by atoms with Gasteiger partial charge in [0.1, 0.15) is 0 Å². The maximum absolute atomic E-state index is 13.0. The number of urea groups is 1. The van der Waals surface area contributed by atoms with Crippen LogP contribution in [0.4, 0.5) is 21.9 Å². The Kier molecular flexibility index (Phi) is 9.57. The number of rotatable bonds is 10. The maximum Gasteiger partial charge on any atom is 0.323 e. The molecule has 0 saturated carbocycles. The largest absolute Gasteiger partial charge is 0.382 e. The molecule has 0 aromatic heterocycles. The fraction of sp³-hybridized carbons (Fsp3) is 0.462. The van der Waals surface area contributed by atoms with E-state index in [-0.39, 0.29) is 11.9 Å². The van der Waals surface area contributed by atoms with E-state index >= 15 is 0 Å². The van der Waals surface area contributed by atoms with Gasteiger partial charge in [-0.2, -0.15) is 0 Å². The molecule has 1 saturated heterocycles. The van der Waals surface area contributed by atoms with Crippen molar-refractivity contribution in [3.63, 3.8) is 0 Å². The fourth-order valence-corrected chi connectivity index (χ4v) is 4.06. The molecule has 178 valence electrons. The molecule has 1 aliphatic rings. The van der Waals surface area contributed by atoms with Crippen LogP contribution in [0.1, 0.15) is 55.5 Å². The van der Waals surface area contributed by atoms with Gasteiger partial charge in [0.25, 0.3) is 5.91 Å². The summed E-state index contributed by atoms with van der Waals surface area (Å²) in [6.45, 7) is 7.72. The van der Waals surface area contributed by atoms with Gasteiger partial charge >= 0.3 is 6.03 Å². The van der Waals surface area contributed by atoms with Crippen molar-refractivity contribution in [2.75, 3.05) is 48.4 Å². The van der Waals surface area contributed by atoms with Gasteiger partial charge in [-0.1, -0.05) is 25.1 Å². The van der Waals surface area contributed by atoms with Crippen LogP contribution >= 0.6 is 0 Å². The van der Waals surface area contributed by atoms with E-state index in [0.717, 1.165) is 55.7 Å². The highest BCUT2D eigenvalue weighted by Gasteiger charge is 2.19. The van der Waals surface area contributed by atoms with E-state index in [9.17, 15) is 9.59 Å². The molecule has 0 radical (unpaired) electrons. The second-order valence-corrected chi connectivity index (χ2v) is 8.18. The van der Waals surface area contributed by atoms with Crippen LogP contribution in [0.3, 0.4) is 0 Å². The standard InChI is InChI=1S/C26H36N4O3/c1-3-20-11-6-7-12-23(20)29-26(32)28-21-13-14-24(30-16-8-5-9-17-30)22(19-21)25(31)27-15-10-18-33-4-2/h6-7,11-14,19H,3-5,8-10,15-18H2,1-2H3,(H,27,31)(H2,28,29,32). The molecule has 2 aromatic carbocycles. The van der Waals surface area contributed by atoms with Crippen LogP contribution in [0, 0.1) is 0 Å². The first kappa shape index (κ1) is 24.6. The number of nitrogens with one attached hydrogen (secondary N) is 3. The molecular weight excluding hydrogens is 416 g/mol. The number of hydrogen-bond acceptors (Lipinski definition) is 4. The Labute approximate surface area is 196 Å². The molecule has 0 atom stereocenters. The predicted molar refractivity (Wildman–Crippen MR) is 134 cm³/mol. The van der Waals surface area contributed by atoms with Crippen LogP contribution in [0.25, 0.3) is 0 Å². The highest BCUT2D eigenvalue weighted by Crippen LogP contribution is 2.27. The van der Waals surface area contributed by atoms with E-state index < -0.39 is 0 Å². The highest BCUT2D eigenvalue weighted by molar-refractivity contribution is 6.04. The van der Waals surface area contributed by atoms with Crippen LogP contribution in [0.15, 0.2) is 42.5 Å². The summed E-state index contributed by atoms with van der Waals surface area (Å²) >= 11 is 0. The van der Waals surface area contributed by atoms with Gasteiger partial charge in [0, 0.05) is 49.9 Å². The van der Waals surface area contributed by atoms with Crippen LogP contribution in [-0.4, -0.2) is 44.8 Å². The third kappa shape index (κ3) is 7.22. The lowest BCUT2D eigenvalue weighted by atomic mass is 10.1. The molecule has 33 heavy (non-hydrogen) atoms. The average molecular weight is 453 g/mol. The molecule has 7 nitrogen and oxygen atoms in total. The van der Waals surface area contributed by atoms with E-state index in [1.807, 2.05) is 43.3 Å². The zero-order valence-corrected chi connectivity index (χ0v) is 19.8. The van der Waals surface area contributed by atoms with Gasteiger partial charge in [-0.05, 0) is 68.9 Å². The molecular formula is C26H36N4O3. The topological polar surface area (TPSA) is 82.7 Å². The van der Waals surface area contributed by atoms with E-state index in [2.05, 4.69) is 27.8 Å². The molecule has 0 aliphatic carbocycles. The average Bonchev–Trinajstić information content (AvgIpc) is 2.84. The van der Waals surface area contributed by atoms with Crippen molar-refractivity contribution in [2.24, 2.45) is 0 Å². The Morgan fingerprint density at radius 1 is 1.00 bits per heavy atom. The van der Waals surface area contributed by atoms with E-state index in [4.69, 9.17) is 4.74 Å². The summed E-state index contributed by atoms with van der Waals surface area (Å²) in [5.41, 5.74) is 3.94. The molecule has 0 unspecified atom stereocenters. The summed E-state index contributed by atoms with van der Waals surface area (Å²) in [5.74, 6) is -0.132. The van der Waals surface area contributed by atoms with Gasteiger partial charge in [0.15, 0.2) is 0 Å². The predicted octanol–water partition coefficient (Wildman–Crippen LogP) is 5.04. The van der Waals surface area contributed by atoms with Crippen molar-refractivity contribution in [2.45, 2.75) is 46.0 Å². The van der Waals surface area contributed by atoms with Gasteiger partial charge in [-0.15, -0.1) is 0 Å². The first-order valence-electron chi connectivity index (χ1n) is 12.0. The minimum Gasteiger partial charge on any atom is -0.382 e. The molecule has 1 heterocycles. The van der Waals surface area contributed by atoms with Crippen LogP contribution in [-0.2, 0) is 11.2 Å². The molecule has 3 rings (SSSR count). The molecule has 2 aromatic rings. The number of benzene rings is 2. The second-order valence-electron chi connectivity index (χ2n) is 8.18. The number of nitrogens with zero attached hydrogens (tertiary/aromatic N) is 1. The quantitative estimate of drug-likeness (QED) is 0.441. The molecule has 0 spiro atoms. The van der Waals surface area contributed by atoms with Gasteiger partial charge in [-0.3, -0.25) is 4.79 Å². The number of carbonyl (C=O) groups excluding carboxylic acids is 2. The van der Waals surface area contributed by atoms with Crippen molar-refractivity contribution in [1.29, 1.82) is 0 Å². The number of anilines is 3. The summed E-state index contributed by atoms with van der Waals surface area (Å²) in [7, 11) is 0. The van der Waals surface area contributed by atoms with Crippen LogP contribution in [0.2, 0.25) is 0 Å². The Morgan fingerprint density at radius 2 is 1.79 bits per heavy atom. The normalized spacial score (nSPS) is 13.5. The van der Waals surface area contributed by atoms with Gasteiger partial charge in [-0.25, -0.2) is 4.79 Å².